The van der Waals surface area contributed by atoms with Crippen molar-refractivity contribution in [3.63, 3.8) is 0 Å². The predicted molar refractivity (Wildman–Crippen MR) is 120 cm³/mol. The van der Waals surface area contributed by atoms with Gasteiger partial charge < -0.3 is 4.90 Å². The maximum absolute atomic E-state index is 12.8. The van der Waals surface area contributed by atoms with Gasteiger partial charge in [-0.15, -0.1) is 0 Å². The zero-order valence-electron chi connectivity index (χ0n) is 14.6. The number of thioether (sulfide) groups is 1. The SMILES string of the molecule is CCN(CC)c1ccc(/C=C2/SC(=S)N(c3ccccc3)C2=O)cc1Br. The van der Waals surface area contributed by atoms with E-state index in [0.29, 0.717) is 9.23 Å². The van der Waals surface area contributed by atoms with E-state index in [-0.39, 0.29) is 5.91 Å². The number of amides is 1. The largest absolute Gasteiger partial charge is 0.371 e. The minimum Gasteiger partial charge on any atom is -0.371 e. The van der Waals surface area contributed by atoms with Gasteiger partial charge in [-0.1, -0.05) is 48.2 Å². The third-order valence-corrected chi connectivity index (χ3v) is 6.12. The lowest BCUT2D eigenvalue weighted by atomic mass is 10.1. The molecule has 6 heteroatoms. The molecule has 0 N–H and O–H groups in total. The van der Waals surface area contributed by atoms with E-state index in [4.69, 9.17) is 12.2 Å². The summed E-state index contributed by atoms with van der Waals surface area (Å²) in [4.78, 5) is 17.3. The van der Waals surface area contributed by atoms with Gasteiger partial charge in [-0.25, -0.2) is 0 Å². The maximum atomic E-state index is 12.8. The van der Waals surface area contributed by atoms with Crippen molar-refractivity contribution in [2.24, 2.45) is 0 Å². The lowest BCUT2D eigenvalue weighted by molar-refractivity contribution is -0.113. The van der Waals surface area contributed by atoms with Crippen molar-refractivity contribution in [1.82, 2.24) is 0 Å². The molecule has 134 valence electrons. The first-order valence-corrected chi connectivity index (χ1v) is 10.4. The standard InChI is InChI=1S/C20H19BrN2OS2/c1-3-22(4-2)17-11-10-14(12-16(17)21)13-18-19(24)23(20(25)26-18)15-8-6-5-7-9-15/h5-13H,3-4H2,1-2H3/b18-13+. The molecule has 0 atom stereocenters. The number of benzene rings is 2. The van der Waals surface area contributed by atoms with Crippen molar-refractivity contribution in [3.8, 4) is 0 Å². The number of nitrogens with zero attached hydrogens (tertiary/aromatic N) is 2. The Labute approximate surface area is 172 Å². The molecule has 1 aliphatic rings. The first-order chi connectivity index (χ1) is 12.5. The molecular weight excluding hydrogens is 428 g/mol. The monoisotopic (exact) mass is 446 g/mol. The molecule has 0 bridgehead atoms. The van der Waals surface area contributed by atoms with Crippen LogP contribution in [0.4, 0.5) is 11.4 Å². The van der Waals surface area contributed by atoms with E-state index in [9.17, 15) is 4.79 Å². The lowest BCUT2D eigenvalue weighted by Gasteiger charge is -2.22. The molecule has 1 aliphatic heterocycles. The fourth-order valence-electron chi connectivity index (χ4n) is 2.85. The quantitative estimate of drug-likeness (QED) is 0.433. The van der Waals surface area contributed by atoms with Crippen LogP contribution in [0.25, 0.3) is 6.08 Å². The molecule has 1 fully saturated rings. The third-order valence-electron chi connectivity index (χ3n) is 4.18. The van der Waals surface area contributed by atoms with Crippen molar-refractivity contribution in [1.29, 1.82) is 0 Å². The van der Waals surface area contributed by atoms with E-state index in [1.807, 2.05) is 48.5 Å². The molecule has 1 amide bonds. The summed E-state index contributed by atoms with van der Waals surface area (Å²) in [6.45, 7) is 6.17. The van der Waals surface area contributed by atoms with Crippen molar-refractivity contribution in [3.05, 3.63) is 63.5 Å². The van der Waals surface area contributed by atoms with Crippen LogP contribution in [0.15, 0.2) is 57.9 Å². The minimum atomic E-state index is -0.0739. The number of para-hydroxylation sites is 1. The molecular formula is C20H19BrN2OS2. The number of carbonyl (C=O) groups excluding carboxylic acids is 1. The van der Waals surface area contributed by atoms with Crippen LogP contribution in [0.5, 0.6) is 0 Å². The van der Waals surface area contributed by atoms with Gasteiger partial charge in [0.15, 0.2) is 4.32 Å². The second-order valence-electron chi connectivity index (χ2n) is 5.74. The van der Waals surface area contributed by atoms with Gasteiger partial charge in [0.25, 0.3) is 5.91 Å². The Morgan fingerprint density at radius 3 is 2.46 bits per heavy atom. The Morgan fingerprint density at radius 2 is 1.85 bits per heavy atom. The van der Waals surface area contributed by atoms with Gasteiger partial charge in [-0.05, 0) is 65.7 Å². The molecule has 0 aliphatic carbocycles. The third kappa shape index (κ3) is 3.87. The highest BCUT2D eigenvalue weighted by atomic mass is 79.9. The molecule has 0 radical (unpaired) electrons. The Hall–Kier alpha value is -1.63. The number of anilines is 2. The highest BCUT2D eigenvalue weighted by Gasteiger charge is 2.33. The maximum Gasteiger partial charge on any atom is 0.270 e. The van der Waals surface area contributed by atoms with Gasteiger partial charge >= 0.3 is 0 Å². The molecule has 1 heterocycles. The predicted octanol–water partition coefficient (Wildman–Crippen LogP) is 5.70. The number of thiocarbonyl (C=S) groups is 1. The second kappa shape index (κ2) is 8.37. The topological polar surface area (TPSA) is 23.6 Å². The summed E-state index contributed by atoms with van der Waals surface area (Å²) in [7, 11) is 0. The van der Waals surface area contributed by atoms with E-state index in [1.165, 1.54) is 11.8 Å². The summed E-state index contributed by atoms with van der Waals surface area (Å²) >= 11 is 10.4. The summed E-state index contributed by atoms with van der Waals surface area (Å²) in [5.74, 6) is -0.0739. The van der Waals surface area contributed by atoms with Crippen LogP contribution in [0.2, 0.25) is 0 Å². The van der Waals surface area contributed by atoms with Crippen molar-refractivity contribution in [2.75, 3.05) is 22.9 Å². The van der Waals surface area contributed by atoms with Crippen LogP contribution < -0.4 is 9.80 Å². The number of hydrogen-bond donors (Lipinski definition) is 0. The van der Waals surface area contributed by atoms with E-state index in [2.05, 4.69) is 40.7 Å². The van der Waals surface area contributed by atoms with Gasteiger partial charge in [-0.2, -0.15) is 0 Å². The molecule has 0 saturated carbocycles. The molecule has 1 saturated heterocycles. The number of carbonyl (C=O) groups is 1. The van der Waals surface area contributed by atoms with E-state index < -0.39 is 0 Å². The van der Waals surface area contributed by atoms with E-state index in [1.54, 1.807) is 4.90 Å². The first-order valence-electron chi connectivity index (χ1n) is 8.42. The zero-order valence-corrected chi connectivity index (χ0v) is 17.8. The molecule has 2 aromatic rings. The summed E-state index contributed by atoms with van der Waals surface area (Å²) < 4.78 is 1.58. The smallest absolute Gasteiger partial charge is 0.270 e. The summed E-state index contributed by atoms with van der Waals surface area (Å²) in [5.41, 5.74) is 2.93. The molecule has 3 rings (SSSR count). The fourth-order valence-corrected chi connectivity index (χ4v) is 4.80. The lowest BCUT2D eigenvalue weighted by Crippen LogP contribution is -2.27. The van der Waals surface area contributed by atoms with Crippen LogP contribution in [-0.4, -0.2) is 23.3 Å². The van der Waals surface area contributed by atoms with Crippen LogP contribution >= 0.6 is 39.9 Å². The van der Waals surface area contributed by atoms with Crippen molar-refractivity contribution in [2.45, 2.75) is 13.8 Å². The van der Waals surface area contributed by atoms with E-state index in [0.717, 1.165) is 34.5 Å². The number of hydrogen-bond acceptors (Lipinski definition) is 4. The summed E-state index contributed by atoms with van der Waals surface area (Å²) in [5, 5.41) is 0. The van der Waals surface area contributed by atoms with Gasteiger partial charge in [0, 0.05) is 17.6 Å². The van der Waals surface area contributed by atoms with Gasteiger partial charge in [-0.3, -0.25) is 9.69 Å². The highest BCUT2D eigenvalue weighted by Crippen LogP contribution is 2.36. The van der Waals surface area contributed by atoms with E-state index >= 15 is 0 Å². The molecule has 0 aromatic heterocycles. The molecule has 3 nitrogen and oxygen atoms in total. The first kappa shape index (κ1) is 19.1. The van der Waals surface area contributed by atoms with Gasteiger partial charge in [0.2, 0.25) is 0 Å². The van der Waals surface area contributed by atoms with Crippen LogP contribution in [0, 0.1) is 0 Å². The summed E-state index contributed by atoms with van der Waals surface area (Å²) in [6, 6.07) is 15.7. The Balaban J connectivity index is 1.88. The number of rotatable bonds is 5. The normalized spacial score (nSPS) is 15.8. The Morgan fingerprint density at radius 1 is 1.15 bits per heavy atom. The molecule has 0 unspecified atom stereocenters. The number of halogens is 1. The molecule has 2 aromatic carbocycles. The average Bonchev–Trinajstić information content (AvgIpc) is 2.92. The van der Waals surface area contributed by atoms with Gasteiger partial charge in [0.05, 0.1) is 16.3 Å². The second-order valence-corrected chi connectivity index (χ2v) is 8.27. The fraction of sp³-hybridized carbons (Fsp3) is 0.200. The summed E-state index contributed by atoms with van der Waals surface area (Å²) in [6.07, 6.45) is 1.90. The van der Waals surface area contributed by atoms with Crippen LogP contribution in [0.1, 0.15) is 19.4 Å². The van der Waals surface area contributed by atoms with Crippen molar-refractivity contribution >= 4 is 67.6 Å². The van der Waals surface area contributed by atoms with Crippen molar-refractivity contribution < 1.29 is 4.79 Å². The molecule has 26 heavy (non-hydrogen) atoms. The Kier molecular flexibility index (Phi) is 6.16. The Bertz CT molecular complexity index is 863. The van der Waals surface area contributed by atoms with Crippen LogP contribution in [0.3, 0.4) is 0 Å². The average molecular weight is 447 g/mol. The van der Waals surface area contributed by atoms with Gasteiger partial charge in [0.1, 0.15) is 0 Å². The zero-order chi connectivity index (χ0) is 18.7. The minimum absolute atomic E-state index is 0.0739. The van der Waals surface area contributed by atoms with Crippen LogP contribution in [-0.2, 0) is 4.79 Å². The molecule has 0 spiro atoms. The highest BCUT2D eigenvalue weighted by molar-refractivity contribution is 9.10.